The van der Waals surface area contributed by atoms with Gasteiger partial charge in [-0.3, -0.25) is 20.4 Å². The molecule has 1 aromatic carbocycles. The second kappa shape index (κ2) is 23.8. The summed E-state index contributed by atoms with van der Waals surface area (Å²) in [4.78, 5) is 34.0. The van der Waals surface area contributed by atoms with E-state index < -0.39 is 0 Å². The monoisotopic (exact) mass is 275 g/mol. The summed E-state index contributed by atoms with van der Waals surface area (Å²) in [7, 11) is 1.37. The topological polar surface area (TPSA) is 77.5 Å². The van der Waals surface area contributed by atoms with Gasteiger partial charge in [0.15, 0.2) is 0 Å². The van der Waals surface area contributed by atoms with E-state index in [-0.39, 0.29) is 23.3 Å². The zero-order valence-electron chi connectivity index (χ0n) is 9.07. The van der Waals surface area contributed by atoms with Gasteiger partial charge in [0.05, 0.1) is 12.7 Å². The Morgan fingerprint density at radius 2 is 1.29 bits per heavy atom. The van der Waals surface area contributed by atoms with Crippen LogP contribution in [-0.2, 0) is 36.5 Å². The van der Waals surface area contributed by atoms with Crippen LogP contribution in [0.4, 0.5) is 0 Å². The van der Waals surface area contributed by atoms with E-state index in [1.807, 2.05) is 6.07 Å². The largest absolute Gasteiger partial charge is 3.00 e. The second-order valence-corrected chi connectivity index (χ2v) is 1.86. The summed E-state index contributed by atoms with van der Waals surface area (Å²) in [5, 5.41) is 0. The summed E-state index contributed by atoms with van der Waals surface area (Å²) in [5.74, 6) is -0.291. The summed E-state index contributed by atoms with van der Waals surface area (Å²) < 4.78 is 4.50. The van der Waals surface area contributed by atoms with Gasteiger partial charge in [-0.25, -0.2) is 4.79 Å². The van der Waals surface area contributed by atoms with Gasteiger partial charge in [-0.15, -0.1) is 0 Å². The molecule has 6 heteroatoms. The number of carbonyl (C=O) groups is 1. The molecule has 0 atom stereocenters. The molecule has 0 saturated heterocycles. The number of benzene rings is 1. The first-order valence-electron chi connectivity index (χ1n) is 3.68. The van der Waals surface area contributed by atoms with Gasteiger partial charge in [0.25, 0.3) is 0 Å². The van der Waals surface area contributed by atoms with Crippen LogP contribution in [0.3, 0.4) is 0 Å². The van der Waals surface area contributed by atoms with Crippen LogP contribution in [0, 0.1) is 0 Å². The van der Waals surface area contributed by atoms with Crippen molar-refractivity contribution >= 4 is 26.3 Å². The van der Waals surface area contributed by atoms with Gasteiger partial charge in [0, 0.05) is 0 Å². The number of methoxy groups -OCH3 is 1. The Balaban J connectivity index is -0.000000106. The third-order valence-electron chi connectivity index (χ3n) is 1.19. The van der Waals surface area contributed by atoms with E-state index in [4.69, 9.17) is 14.4 Å². The van der Waals surface area contributed by atoms with E-state index in [1.54, 1.807) is 24.3 Å². The molecule has 1 rings (SSSR count). The smallest absolute Gasteiger partial charge is 0.545 e. The summed E-state index contributed by atoms with van der Waals surface area (Å²) in [6.07, 6.45) is 0. The molecule has 0 amide bonds. The normalized spacial score (nSPS) is 5.94. The van der Waals surface area contributed by atoms with Crippen molar-refractivity contribution in [2.45, 2.75) is 0 Å². The maximum atomic E-state index is 10.8. The Bertz CT molecular complexity index is 261. The molecule has 0 unspecified atom stereocenters. The molecule has 0 fully saturated rings. The third-order valence-corrected chi connectivity index (χ3v) is 1.19. The van der Waals surface area contributed by atoms with Crippen LogP contribution in [0.2, 0.25) is 0 Å². The fraction of sp³-hybridized carbons (Fsp3) is 0.0909. The molecule has 17 heavy (non-hydrogen) atoms. The first-order valence-corrected chi connectivity index (χ1v) is 3.68. The Hall–Kier alpha value is -1.77. The number of hydrogen-bond acceptors (Lipinski definition) is 5. The zero-order chi connectivity index (χ0) is 13.4. The molecule has 1 radical (unpaired) electrons. The van der Waals surface area contributed by atoms with E-state index in [0.717, 1.165) is 0 Å². The molecule has 5 nitrogen and oxygen atoms in total. The summed E-state index contributed by atoms with van der Waals surface area (Å²) in [6.45, 7) is 9.75. The fourth-order valence-electron chi connectivity index (χ4n) is 0.692. The number of carbonyl (C=O) groups excluding carboxylic acids is 4. The summed E-state index contributed by atoms with van der Waals surface area (Å²) in [5.41, 5.74) is 0.588. The van der Waals surface area contributed by atoms with Gasteiger partial charge in [0.1, 0.15) is 0 Å². The van der Waals surface area contributed by atoms with Crippen LogP contribution >= 0.6 is 0 Å². The Labute approximate surface area is 111 Å². The minimum atomic E-state index is -0.291. The van der Waals surface area contributed by atoms with Gasteiger partial charge >= 0.3 is 23.3 Å². The molecular weight excluding hydrogens is 264 g/mol. The molecule has 0 N–H and O–H groups in total. The molecular formula is C11H11CrO5. The van der Waals surface area contributed by atoms with Gasteiger partial charge in [-0.1, -0.05) is 18.2 Å². The molecule has 1 aromatic rings. The number of esters is 1. The predicted octanol–water partition coefficient (Wildman–Crippen LogP) is 0.648. The SMILES string of the molecule is COC(=O)c1ccccc1.[CH-]=O.[CH-]=O.[CH-]=O.[Cr+3]. The molecule has 0 saturated carbocycles. The first kappa shape index (κ1) is 24.5. The second-order valence-electron chi connectivity index (χ2n) is 1.86. The van der Waals surface area contributed by atoms with Gasteiger partial charge in [0.2, 0.25) is 0 Å². The third kappa shape index (κ3) is 14.2. The Morgan fingerprint density at radius 3 is 1.59 bits per heavy atom. The Kier molecular flexibility index (Phi) is 34.2. The van der Waals surface area contributed by atoms with Crippen LogP contribution in [0.1, 0.15) is 10.4 Å². The van der Waals surface area contributed by atoms with Gasteiger partial charge in [-0.2, -0.15) is 0 Å². The van der Waals surface area contributed by atoms with E-state index >= 15 is 0 Å². The number of ether oxygens (including phenoxy) is 1. The summed E-state index contributed by atoms with van der Waals surface area (Å²) in [6, 6.07) is 8.88. The van der Waals surface area contributed by atoms with Crippen LogP contribution in [0.5, 0.6) is 0 Å². The van der Waals surface area contributed by atoms with Crippen molar-refractivity contribution in [2.75, 3.05) is 7.11 Å². The minimum Gasteiger partial charge on any atom is -0.545 e. The van der Waals surface area contributed by atoms with Crippen LogP contribution in [-0.4, -0.2) is 33.4 Å². The van der Waals surface area contributed by atoms with Crippen molar-refractivity contribution in [3.8, 4) is 0 Å². The number of hydrogen-bond donors (Lipinski definition) is 0. The maximum Gasteiger partial charge on any atom is 3.00 e. The standard InChI is InChI=1S/C8H8O2.3CHO.Cr/c1-10-8(9)7-5-3-2-4-6-7;3*1-2;/h2-6H,1H3;3*1H;/q;3*-1;+3. The van der Waals surface area contributed by atoms with Crippen molar-refractivity contribution in [3.63, 3.8) is 0 Å². The number of rotatable bonds is 1. The van der Waals surface area contributed by atoms with Crippen LogP contribution < -0.4 is 0 Å². The van der Waals surface area contributed by atoms with Gasteiger partial charge < -0.3 is 19.1 Å². The Morgan fingerprint density at radius 1 is 0.941 bits per heavy atom. The molecule has 0 aliphatic rings. The quantitative estimate of drug-likeness (QED) is 0.427. The molecule has 0 spiro atoms. The van der Waals surface area contributed by atoms with Crippen molar-refractivity contribution in [1.29, 1.82) is 0 Å². The average Bonchev–Trinajstić information content (AvgIpc) is 2.45. The predicted molar refractivity (Wildman–Crippen MR) is 58.0 cm³/mol. The van der Waals surface area contributed by atoms with Crippen molar-refractivity contribution in [3.05, 3.63) is 35.9 Å². The first-order chi connectivity index (χ1) is 7.84. The molecule has 91 valence electrons. The molecule has 0 aromatic heterocycles. The summed E-state index contributed by atoms with van der Waals surface area (Å²) >= 11 is 0. The van der Waals surface area contributed by atoms with Crippen molar-refractivity contribution in [1.82, 2.24) is 0 Å². The average molecular weight is 275 g/mol. The fourth-order valence-corrected chi connectivity index (χ4v) is 0.692. The van der Waals surface area contributed by atoms with Crippen molar-refractivity contribution < 1.29 is 41.3 Å². The zero-order valence-corrected chi connectivity index (χ0v) is 10.3. The van der Waals surface area contributed by atoms with Crippen LogP contribution in [0.15, 0.2) is 30.3 Å². The van der Waals surface area contributed by atoms with E-state index in [0.29, 0.717) is 5.56 Å². The van der Waals surface area contributed by atoms with Crippen LogP contribution in [0.25, 0.3) is 0 Å². The van der Waals surface area contributed by atoms with Crippen molar-refractivity contribution in [2.24, 2.45) is 0 Å². The van der Waals surface area contributed by atoms with Gasteiger partial charge in [-0.05, 0) is 12.1 Å². The molecule has 0 heterocycles. The van der Waals surface area contributed by atoms with E-state index in [1.165, 1.54) is 7.11 Å². The van der Waals surface area contributed by atoms with E-state index in [9.17, 15) is 4.79 Å². The maximum absolute atomic E-state index is 10.8. The minimum absolute atomic E-state index is 0. The molecule has 0 bridgehead atoms. The molecule has 0 aliphatic heterocycles. The van der Waals surface area contributed by atoms with E-state index in [2.05, 4.69) is 25.1 Å². The molecule has 0 aliphatic carbocycles.